The number of aliphatic hydroxyl groups is 1. The van der Waals surface area contributed by atoms with Crippen LogP contribution in [0.4, 0.5) is 10.1 Å². The number of rotatable bonds is 5. The number of hydrogen-bond acceptors (Lipinski definition) is 5. The van der Waals surface area contributed by atoms with Crippen molar-refractivity contribution in [1.29, 1.82) is 0 Å². The van der Waals surface area contributed by atoms with E-state index in [1.165, 1.54) is 13.3 Å². The Bertz CT molecular complexity index is 1030. The van der Waals surface area contributed by atoms with Crippen LogP contribution in [0.15, 0.2) is 36.8 Å². The molecule has 1 aliphatic rings. The highest BCUT2D eigenvalue weighted by molar-refractivity contribution is 6.06. The number of methoxy groups -OCH3 is 1. The predicted molar refractivity (Wildman–Crippen MR) is 107 cm³/mol. The van der Waals surface area contributed by atoms with E-state index in [0.29, 0.717) is 23.4 Å². The summed E-state index contributed by atoms with van der Waals surface area (Å²) >= 11 is 0. The van der Waals surface area contributed by atoms with Crippen molar-refractivity contribution in [2.45, 2.75) is 31.7 Å². The van der Waals surface area contributed by atoms with Crippen LogP contribution in [-0.4, -0.2) is 39.5 Å². The Hall–Kier alpha value is -3.00. The minimum atomic E-state index is -0.572. The molecule has 0 saturated heterocycles. The molecule has 7 nitrogen and oxygen atoms in total. The second kappa shape index (κ2) is 8.16. The first-order valence-electron chi connectivity index (χ1n) is 9.67. The lowest BCUT2D eigenvalue weighted by Crippen LogP contribution is -2.20. The number of nitrogens with zero attached hydrogens (tertiary/aromatic N) is 3. The summed E-state index contributed by atoms with van der Waals surface area (Å²) in [7, 11) is 1.52. The Labute approximate surface area is 167 Å². The maximum atomic E-state index is 13.4. The van der Waals surface area contributed by atoms with E-state index in [9.17, 15) is 14.3 Å². The number of anilines is 1. The minimum absolute atomic E-state index is 0.128. The van der Waals surface area contributed by atoms with Crippen LogP contribution in [0.3, 0.4) is 0 Å². The van der Waals surface area contributed by atoms with Crippen LogP contribution in [0.25, 0.3) is 10.9 Å². The van der Waals surface area contributed by atoms with Crippen LogP contribution in [0, 0.1) is 11.7 Å². The van der Waals surface area contributed by atoms with Crippen molar-refractivity contribution in [3.63, 3.8) is 0 Å². The SMILES string of the molecule is COc1cc2nn(C3CCC(CO)CC3)cc2cc1NC(=O)c1cncc(F)c1. The van der Waals surface area contributed by atoms with Gasteiger partial charge in [-0.1, -0.05) is 0 Å². The van der Waals surface area contributed by atoms with E-state index in [4.69, 9.17) is 4.74 Å². The van der Waals surface area contributed by atoms with Gasteiger partial charge in [-0.15, -0.1) is 0 Å². The zero-order valence-electron chi connectivity index (χ0n) is 16.1. The molecule has 0 bridgehead atoms. The number of carbonyl (C=O) groups excluding carboxylic acids is 1. The average Bonchev–Trinajstić information content (AvgIpc) is 3.16. The van der Waals surface area contributed by atoms with Gasteiger partial charge >= 0.3 is 0 Å². The molecule has 0 unspecified atom stereocenters. The molecule has 0 spiro atoms. The third-order valence-electron chi connectivity index (χ3n) is 5.51. The second-order valence-corrected chi connectivity index (χ2v) is 7.42. The first-order valence-corrected chi connectivity index (χ1v) is 9.67. The van der Waals surface area contributed by atoms with Crippen molar-refractivity contribution in [2.24, 2.45) is 5.92 Å². The van der Waals surface area contributed by atoms with Crippen LogP contribution < -0.4 is 10.1 Å². The van der Waals surface area contributed by atoms with Gasteiger partial charge in [0.2, 0.25) is 0 Å². The fourth-order valence-electron chi connectivity index (χ4n) is 3.85. The smallest absolute Gasteiger partial charge is 0.257 e. The Balaban J connectivity index is 1.59. The summed E-state index contributed by atoms with van der Waals surface area (Å²) in [5, 5.41) is 17.7. The van der Waals surface area contributed by atoms with Gasteiger partial charge in [0.25, 0.3) is 5.91 Å². The Morgan fingerprint density at radius 3 is 2.76 bits per heavy atom. The van der Waals surface area contributed by atoms with Gasteiger partial charge in [-0.2, -0.15) is 5.10 Å². The molecular formula is C21H23FN4O3. The largest absolute Gasteiger partial charge is 0.494 e. The first-order chi connectivity index (χ1) is 14.1. The molecule has 0 aliphatic heterocycles. The van der Waals surface area contributed by atoms with Gasteiger partial charge in [0, 0.05) is 30.5 Å². The van der Waals surface area contributed by atoms with Crippen LogP contribution in [0.2, 0.25) is 0 Å². The van der Waals surface area contributed by atoms with E-state index in [-0.39, 0.29) is 12.2 Å². The lowest BCUT2D eigenvalue weighted by Gasteiger charge is -2.27. The molecule has 1 aliphatic carbocycles. The zero-order valence-corrected chi connectivity index (χ0v) is 16.1. The molecular weight excluding hydrogens is 375 g/mol. The van der Waals surface area contributed by atoms with Crippen molar-refractivity contribution in [2.75, 3.05) is 19.0 Å². The molecule has 1 aromatic carbocycles. The number of aromatic nitrogens is 3. The summed E-state index contributed by atoms with van der Waals surface area (Å²) in [5.74, 6) is -0.179. The van der Waals surface area contributed by atoms with Gasteiger partial charge in [-0.25, -0.2) is 4.39 Å². The Morgan fingerprint density at radius 2 is 2.07 bits per heavy atom. The number of amides is 1. The first kappa shape index (κ1) is 19.3. The number of pyridine rings is 1. The van der Waals surface area contributed by atoms with Crippen LogP contribution >= 0.6 is 0 Å². The van der Waals surface area contributed by atoms with E-state index in [1.807, 2.05) is 16.9 Å². The third-order valence-corrected chi connectivity index (χ3v) is 5.51. The molecule has 0 atom stereocenters. The standard InChI is InChI=1S/C21H23FN4O3/c1-29-20-8-18-15(11-26(25-18)17-4-2-13(12-27)3-5-17)7-19(20)24-21(28)14-6-16(22)10-23-9-14/h6-11,13,17,27H,2-5,12H2,1H3,(H,24,28). The van der Waals surface area contributed by atoms with E-state index in [2.05, 4.69) is 15.4 Å². The Morgan fingerprint density at radius 1 is 1.28 bits per heavy atom. The quantitative estimate of drug-likeness (QED) is 0.686. The molecule has 3 aromatic rings. The fraction of sp³-hybridized carbons (Fsp3) is 0.381. The Kier molecular flexibility index (Phi) is 5.44. The second-order valence-electron chi connectivity index (χ2n) is 7.42. The van der Waals surface area contributed by atoms with Crippen LogP contribution in [0.1, 0.15) is 42.1 Å². The highest BCUT2D eigenvalue weighted by Gasteiger charge is 2.23. The predicted octanol–water partition coefficient (Wildman–Crippen LogP) is 3.55. The van der Waals surface area contributed by atoms with Gasteiger partial charge in [0.15, 0.2) is 0 Å². The molecule has 1 saturated carbocycles. The summed E-state index contributed by atoms with van der Waals surface area (Å²) in [4.78, 5) is 16.2. The number of aliphatic hydroxyl groups excluding tert-OH is 1. The van der Waals surface area contributed by atoms with Crippen molar-refractivity contribution >= 4 is 22.5 Å². The van der Waals surface area contributed by atoms with E-state index in [0.717, 1.165) is 48.8 Å². The molecule has 8 heteroatoms. The van der Waals surface area contributed by atoms with Crippen molar-refractivity contribution in [3.05, 3.63) is 48.2 Å². The van der Waals surface area contributed by atoms with E-state index in [1.54, 1.807) is 6.07 Å². The van der Waals surface area contributed by atoms with Gasteiger partial charge < -0.3 is 15.2 Å². The topological polar surface area (TPSA) is 89.3 Å². The maximum Gasteiger partial charge on any atom is 0.257 e. The zero-order chi connectivity index (χ0) is 20.4. The highest BCUT2D eigenvalue weighted by Crippen LogP contribution is 2.35. The molecule has 1 fully saturated rings. The molecule has 152 valence electrons. The maximum absolute atomic E-state index is 13.4. The fourth-order valence-corrected chi connectivity index (χ4v) is 3.85. The molecule has 0 radical (unpaired) electrons. The molecule has 2 heterocycles. The minimum Gasteiger partial charge on any atom is -0.494 e. The molecule has 1 amide bonds. The van der Waals surface area contributed by atoms with Gasteiger partial charge in [0.1, 0.15) is 11.6 Å². The monoisotopic (exact) mass is 398 g/mol. The molecule has 4 rings (SSSR count). The molecule has 2 aromatic heterocycles. The summed E-state index contributed by atoms with van der Waals surface area (Å²) in [5.41, 5.74) is 1.39. The van der Waals surface area contributed by atoms with Gasteiger partial charge in [-0.3, -0.25) is 14.5 Å². The van der Waals surface area contributed by atoms with E-state index >= 15 is 0 Å². The summed E-state index contributed by atoms with van der Waals surface area (Å²) in [6.07, 6.45) is 8.26. The van der Waals surface area contributed by atoms with Crippen LogP contribution in [0.5, 0.6) is 5.75 Å². The number of ether oxygens (including phenoxy) is 1. The lowest BCUT2D eigenvalue weighted by molar-refractivity contribution is 0.102. The van der Waals surface area contributed by atoms with Gasteiger partial charge in [-0.05, 0) is 43.7 Å². The number of hydrogen-bond donors (Lipinski definition) is 2. The number of nitrogens with one attached hydrogen (secondary N) is 1. The number of fused-ring (bicyclic) bond motifs is 1. The lowest BCUT2D eigenvalue weighted by atomic mass is 9.87. The van der Waals surface area contributed by atoms with Crippen LogP contribution in [-0.2, 0) is 0 Å². The normalized spacial score (nSPS) is 19.3. The summed E-state index contributed by atoms with van der Waals surface area (Å²) < 4.78 is 20.7. The van der Waals surface area contributed by atoms with Gasteiger partial charge in [0.05, 0.1) is 36.1 Å². The highest BCUT2D eigenvalue weighted by atomic mass is 19.1. The average molecular weight is 398 g/mol. The molecule has 2 N–H and O–H groups in total. The van der Waals surface area contributed by atoms with E-state index < -0.39 is 11.7 Å². The van der Waals surface area contributed by atoms with Crippen molar-refractivity contribution < 1.29 is 19.0 Å². The van der Waals surface area contributed by atoms with Crippen molar-refractivity contribution in [1.82, 2.24) is 14.8 Å². The van der Waals surface area contributed by atoms with Crippen molar-refractivity contribution in [3.8, 4) is 5.75 Å². The number of halogens is 1. The number of carbonyl (C=O) groups is 1. The third kappa shape index (κ3) is 4.07. The summed E-state index contributed by atoms with van der Waals surface area (Å²) in [6, 6.07) is 5.02. The molecule has 29 heavy (non-hydrogen) atoms. The summed E-state index contributed by atoms with van der Waals surface area (Å²) in [6.45, 7) is 0.245. The number of benzene rings is 1.